The van der Waals surface area contributed by atoms with Crippen molar-refractivity contribution < 1.29 is 17.0 Å². The van der Waals surface area contributed by atoms with Gasteiger partial charge in [-0.25, -0.2) is 0 Å². The zero-order valence-corrected chi connectivity index (χ0v) is 3.77. The number of hydrogen-bond donors (Lipinski definition) is 0. The first-order chi connectivity index (χ1) is 2.56. The molecule has 0 aliphatic carbocycles. The SMILES string of the molecule is FC(F)(F)[O][Al]. The molecule has 0 heterocycles. The Kier molecular flexibility index (Phi) is 1.91. The van der Waals surface area contributed by atoms with E-state index in [1.54, 1.807) is 0 Å². The fourth-order valence-corrected chi connectivity index (χ4v) is 0. The zero-order valence-electron chi connectivity index (χ0n) is 2.62. The first-order valence-corrected chi connectivity index (χ1v) is 1.48. The van der Waals surface area contributed by atoms with E-state index in [-0.39, 0.29) is 0 Å². The molecule has 0 saturated heterocycles. The molecular weight excluding hydrogens is 112 g/mol. The summed E-state index contributed by atoms with van der Waals surface area (Å²) < 4.78 is 34.5. The molecule has 0 bridgehead atoms. The zero-order chi connectivity index (χ0) is 5.21. The third-order valence-electron chi connectivity index (χ3n) is 0.134. The number of hydrogen-bond acceptors (Lipinski definition) is 1. The summed E-state index contributed by atoms with van der Waals surface area (Å²) in [5.41, 5.74) is 0. The highest BCUT2D eigenvalue weighted by Gasteiger charge is 2.23. The van der Waals surface area contributed by atoms with Crippen LogP contribution in [0.1, 0.15) is 0 Å². The largest absolute Gasteiger partial charge is 0.493 e. The van der Waals surface area contributed by atoms with E-state index >= 15 is 0 Å². The van der Waals surface area contributed by atoms with Crippen molar-refractivity contribution in [3.8, 4) is 0 Å². The molecule has 0 N–H and O–H groups in total. The minimum absolute atomic E-state index is 1.10. The van der Waals surface area contributed by atoms with Crippen LogP contribution in [0.5, 0.6) is 0 Å². The Bertz CT molecular complexity index is 40.5. The van der Waals surface area contributed by atoms with Crippen molar-refractivity contribution >= 4 is 16.6 Å². The van der Waals surface area contributed by atoms with E-state index < -0.39 is 6.36 Å². The van der Waals surface area contributed by atoms with E-state index in [2.05, 4.69) is 3.79 Å². The summed E-state index contributed by atoms with van der Waals surface area (Å²) in [5, 5.41) is 0. The highest BCUT2D eigenvalue weighted by molar-refractivity contribution is 5.98. The van der Waals surface area contributed by atoms with Gasteiger partial charge >= 0.3 is 23.0 Å². The van der Waals surface area contributed by atoms with Gasteiger partial charge in [-0.05, 0) is 0 Å². The molecule has 0 amide bonds. The van der Waals surface area contributed by atoms with Crippen LogP contribution in [0.15, 0.2) is 0 Å². The van der Waals surface area contributed by atoms with E-state index in [0.717, 1.165) is 16.6 Å². The van der Waals surface area contributed by atoms with Gasteiger partial charge in [0.05, 0.1) is 0 Å². The van der Waals surface area contributed by atoms with Crippen molar-refractivity contribution in [2.45, 2.75) is 6.36 Å². The molecule has 6 heavy (non-hydrogen) atoms. The van der Waals surface area contributed by atoms with Crippen LogP contribution in [0.3, 0.4) is 0 Å². The lowest BCUT2D eigenvalue weighted by Crippen LogP contribution is -2.09. The van der Waals surface area contributed by atoms with Crippen LogP contribution in [0.25, 0.3) is 0 Å². The maximum Gasteiger partial charge on any atom is 0.493 e. The average Bonchev–Trinajstić information content (AvgIpc) is 1.35. The molecule has 0 saturated carbocycles. The molecule has 1 nitrogen and oxygen atoms in total. The van der Waals surface area contributed by atoms with Crippen molar-refractivity contribution in [1.29, 1.82) is 0 Å². The summed E-state index contributed by atoms with van der Waals surface area (Å²) >= 11 is 1.10. The van der Waals surface area contributed by atoms with Gasteiger partial charge in [-0.3, -0.25) is 0 Å². The van der Waals surface area contributed by atoms with Crippen molar-refractivity contribution in [3.63, 3.8) is 0 Å². The lowest BCUT2D eigenvalue weighted by Gasteiger charge is -2.00. The van der Waals surface area contributed by atoms with Gasteiger partial charge in [-0.2, -0.15) is 0 Å². The maximum atomic E-state index is 10.5. The Balaban J connectivity index is 3.17. The maximum absolute atomic E-state index is 10.5. The molecule has 0 atom stereocenters. The predicted octanol–water partition coefficient (Wildman–Crippen LogP) is 0.606. The third-order valence-corrected chi connectivity index (χ3v) is 0.401. The van der Waals surface area contributed by atoms with Crippen LogP contribution in [-0.2, 0) is 3.79 Å². The van der Waals surface area contributed by atoms with Crippen LogP contribution in [0.2, 0.25) is 0 Å². The van der Waals surface area contributed by atoms with Crippen LogP contribution in [0, 0.1) is 0 Å². The minimum Gasteiger partial charge on any atom is -0.439 e. The third kappa shape index (κ3) is 4.28. The molecule has 0 rings (SSSR count). The van der Waals surface area contributed by atoms with E-state index in [1.807, 2.05) is 0 Å². The molecule has 0 spiro atoms. The molecule has 34 valence electrons. The average molecular weight is 112 g/mol. The lowest BCUT2D eigenvalue weighted by molar-refractivity contribution is -0.273. The van der Waals surface area contributed by atoms with Crippen molar-refractivity contribution in [1.82, 2.24) is 0 Å². The Morgan fingerprint density at radius 2 is 1.50 bits per heavy atom. The Hall–Kier alpha value is 0.282. The van der Waals surface area contributed by atoms with Gasteiger partial charge in [0.25, 0.3) is 0 Å². The highest BCUT2D eigenvalue weighted by atomic mass is 27.1. The summed E-state index contributed by atoms with van der Waals surface area (Å²) in [7, 11) is 0. The normalized spacial score (nSPS) is 11.8. The van der Waals surface area contributed by atoms with Crippen LogP contribution < -0.4 is 0 Å². The van der Waals surface area contributed by atoms with Crippen LogP contribution in [0.4, 0.5) is 13.2 Å². The Labute approximate surface area is 40.8 Å². The smallest absolute Gasteiger partial charge is 0.439 e. The monoisotopic (exact) mass is 112 g/mol. The summed E-state index contributed by atoms with van der Waals surface area (Å²) in [6.45, 7) is 0. The van der Waals surface area contributed by atoms with Gasteiger partial charge in [0.15, 0.2) is 0 Å². The molecule has 0 aliphatic heterocycles. The van der Waals surface area contributed by atoms with Gasteiger partial charge in [0.1, 0.15) is 0 Å². The Morgan fingerprint density at radius 1 is 1.33 bits per heavy atom. The molecular formula is CAlF3O. The Morgan fingerprint density at radius 3 is 1.50 bits per heavy atom. The summed E-state index contributed by atoms with van der Waals surface area (Å²) in [5.74, 6) is 0. The van der Waals surface area contributed by atoms with E-state index in [9.17, 15) is 13.2 Å². The standard InChI is InChI=1S/CF3O.Al/c2-1(3,4)5;/q-1;+1. The van der Waals surface area contributed by atoms with Gasteiger partial charge in [0, 0.05) is 0 Å². The summed E-state index contributed by atoms with van der Waals surface area (Å²) in [4.78, 5) is 0. The topological polar surface area (TPSA) is 9.23 Å². The second-order valence-corrected chi connectivity index (χ2v) is 0.799. The van der Waals surface area contributed by atoms with Crippen LogP contribution in [-0.4, -0.2) is 23.0 Å². The predicted molar refractivity (Wildman–Crippen MR) is 12.9 cm³/mol. The molecule has 0 aromatic rings. The molecule has 0 unspecified atom stereocenters. The second kappa shape index (κ2) is 1.83. The molecule has 5 heteroatoms. The van der Waals surface area contributed by atoms with Gasteiger partial charge < -0.3 is 3.79 Å². The fourth-order valence-electron chi connectivity index (χ4n) is 0. The molecule has 0 fully saturated rings. The first kappa shape index (κ1) is 6.28. The lowest BCUT2D eigenvalue weighted by atomic mass is 11.4. The molecule has 0 aromatic heterocycles. The van der Waals surface area contributed by atoms with Gasteiger partial charge in [0.2, 0.25) is 0 Å². The van der Waals surface area contributed by atoms with Crippen molar-refractivity contribution in [2.24, 2.45) is 0 Å². The number of halogens is 3. The molecule has 0 aliphatic rings. The van der Waals surface area contributed by atoms with Gasteiger partial charge in [-0.15, -0.1) is 13.2 Å². The molecule has 2 radical (unpaired) electrons. The first-order valence-electron chi connectivity index (χ1n) is 1.01. The van der Waals surface area contributed by atoms with Crippen molar-refractivity contribution in [3.05, 3.63) is 0 Å². The minimum atomic E-state index is -4.50. The fraction of sp³-hybridized carbons (Fsp3) is 1.00. The quantitative estimate of drug-likeness (QED) is 0.417. The summed E-state index contributed by atoms with van der Waals surface area (Å²) in [6.07, 6.45) is -4.50. The van der Waals surface area contributed by atoms with E-state index in [1.165, 1.54) is 0 Å². The highest BCUT2D eigenvalue weighted by Crippen LogP contribution is 2.12. The van der Waals surface area contributed by atoms with Crippen molar-refractivity contribution in [2.75, 3.05) is 0 Å². The number of rotatable bonds is 0. The van der Waals surface area contributed by atoms with Gasteiger partial charge in [-0.1, -0.05) is 0 Å². The van der Waals surface area contributed by atoms with Crippen LogP contribution >= 0.6 is 0 Å². The van der Waals surface area contributed by atoms with E-state index in [4.69, 9.17) is 0 Å². The second-order valence-electron chi connectivity index (χ2n) is 0.564. The summed E-state index contributed by atoms with van der Waals surface area (Å²) in [6, 6.07) is 0. The number of alkyl halides is 3. The molecule has 0 aromatic carbocycles. The van der Waals surface area contributed by atoms with E-state index in [0.29, 0.717) is 0 Å².